The Kier molecular flexibility index (Phi) is 6.91. The molecule has 0 aliphatic rings. The smallest absolute Gasteiger partial charge is 0.404 e. The Hall–Kier alpha value is -2.44. The molecule has 2 aromatic rings. The van der Waals surface area contributed by atoms with Crippen molar-refractivity contribution in [3.8, 4) is 0 Å². The number of amides is 3. The normalized spacial score (nSPS) is 10.2. The van der Waals surface area contributed by atoms with E-state index in [9.17, 15) is 9.59 Å². The van der Waals surface area contributed by atoms with Gasteiger partial charge in [0.1, 0.15) is 0 Å². The van der Waals surface area contributed by atoms with E-state index in [-0.39, 0.29) is 6.54 Å². The van der Waals surface area contributed by atoms with Gasteiger partial charge in [-0.3, -0.25) is 0 Å². The van der Waals surface area contributed by atoms with Crippen molar-refractivity contribution in [3.63, 3.8) is 0 Å². The molecule has 0 atom stereocenters. The van der Waals surface area contributed by atoms with Crippen LogP contribution in [-0.2, 0) is 13.0 Å². The van der Waals surface area contributed by atoms with E-state index in [2.05, 4.69) is 16.0 Å². The molecule has 6 nitrogen and oxygen atoms in total. The first-order valence-corrected chi connectivity index (χ1v) is 8.25. The van der Waals surface area contributed by atoms with Gasteiger partial charge in [0.15, 0.2) is 0 Å². The van der Waals surface area contributed by atoms with E-state index in [0.717, 1.165) is 5.56 Å². The molecule has 0 heterocycles. The maximum absolute atomic E-state index is 12.0. The lowest BCUT2D eigenvalue weighted by Crippen LogP contribution is -2.28. The largest absolute Gasteiger partial charge is 0.465 e. The maximum Gasteiger partial charge on any atom is 0.404 e. The van der Waals surface area contributed by atoms with Crippen LogP contribution in [-0.4, -0.2) is 23.8 Å². The van der Waals surface area contributed by atoms with Gasteiger partial charge in [-0.25, -0.2) is 9.59 Å². The van der Waals surface area contributed by atoms with E-state index in [0.29, 0.717) is 34.3 Å². The van der Waals surface area contributed by atoms with Gasteiger partial charge in [-0.05, 0) is 36.2 Å². The second kappa shape index (κ2) is 9.15. The van der Waals surface area contributed by atoms with Gasteiger partial charge >= 0.3 is 12.1 Å². The predicted molar refractivity (Wildman–Crippen MR) is 98.5 cm³/mol. The van der Waals surface area contributed by atoms with Crippen molar-refractivity contribution in [2.45, 2.75) is 13.0 Å². The Morgan fingerprint density at radius 3 is 2.36 bits per heavy atom. The summed E-state index contributed by atoms with van der Waals surface area (Å²) < 4.78 is 0. The van der Waals surface area contributed by atoms with E-state index in [1.165, 1.54) is 0 Å². The molecular formula is C17H17Cl2N3O3. The summed E-state index contributed by atoms with van der Waals surface area (Å²) in [5.74, 6) is 0. The first-order valence-electron chi connectivity index (χ1n) is 7.49. The van der Waals surface area contributed by atoms with Crippen molar-refractivity contribution < 1.29 is 14.7 Å². The van der Waals surface area contributed by atoms with Gasteiger partial charge in [0.25, 0.3) is 0 Å². The van der Waals surface area contributed by atoms with Crippen LogP contribution in [0.5, 0.6) is 0 Å². The van der Waals surface area contributed by atoms with Crippen molar-refractivity contribution >= 4 is 41.0 Å². The fourth-order valence-electron chi connectivity index (χ4n) is 2.16. The van der Waals surface area contributed by atoms with Crippen LogP contribution in [0.3, 0.4) is 0 Å². The summed E-state index contributed by atoms with van der Waals surface area (Å²) in [7, 11) is 0. The van der Waals surface area contributed by atoms with Crippen LogP contribution in [0.1, 0.15) is 11.1 Å². The monoisotopic (exact) mass is 381 g/mol. The molecule has 8 heteroatoms. The first kappa shape index (κ1) is 18.9. The lowest BCUT2D eigenvalue weighted by Gasteiger charge is -2.11. The number of carboxylic acid groups (broad SMARTS) is 1. The Morgan fingerprint density at radius 1 is 1.00 bits per heavy atom. The summed E-state index contributed by atoms with van der Waals surface area (Å²) >= 11 is 12.1. The zero-order chi connectivity index (χ0) is 18.2. The molecule has 0 saturated heterocycles. The van der Waals surface area contributed by atoms with E-state index < -0.39 is 12.1 Å². The molecule has 2 rings (SSSR count). The Bertz CT molecular complexity index is 748. The lowest BCUT2D eigenvalue weighted by atomic mass is 10.1. The molecule has 0 bridgehead atoms. The van der Waals surface area contributed by atoms with Crippen LogP contribution >= 0.6 is 23.2 Å². The zero-order valence-electron chi connectivity index (χ0n) is 13.2. The van der Waals surface area contributed by atoms with Gasteiger partial charge in [0.2, 0.25) is 0 Å². The minimum absolute atomic E-state index is 0.201. The molecule has 3 amide bonds. The molecule has 0 saturated carbocycles. The second-order valence-corrected chi connectivity index (χ2v) is 6.00. The van der Waals surface area contributed by atoms with Crippen LogP contribution < -0.4 is 16.0 Å². The molecule has 0 aromatic heterocycles. The molecule has 132 valence electrons. The topological polar surface area (TPSA) is 90.5 Å². The third kappa shape index (κ3) is 6.17. The average Bonchev–Trinajstić information content (AvgIpc) is 2.54. The van der Waals surface area contributed by atoms with Crippen LogP contribution in [0.2, 0.25) is 10.0 Å². The maximum atomic E-state index is 12.0. The van der Waals surface area contributed by atoms with Gasteiger partial charge in [-0.15, -0.1) is 0 Å². The summed E-state index contributed by atoms with van der Waals surface area (Å²) in [6.07, 6.45) is -0.537. The summed E-state index contributed by atoms with van der Waals surface area (Å²) in [5, 5.41) is 17.2. The van der Waals surface area contributed by atoms with Crippen LogP contribution in [0.15, 0.2) is 42.5 Å². The molecule has 0 aliphatic heterocycles. The van der Waals surface area contributed by atoms with E-state index in [1.807, 2.05) is 6.07 Å². The molecule has 0 fully saturated rings. The highest BCUT2D eigenvalue weighted by atomic mass is 35.5. The average molecular weight is 382 g/mol. The summed E-state index contributed by atoms with van der Waals surface area (Å²) in [4.78, 5) is 22.5. The third-order valence-electron chi connectivity index (χ3n) is 3.36. The van der Waals surface area contributed by atoms with Gasteiger partial charge in [-0.1, -0.05) is 41.4 Å². The number of benzene rings is 2. The van der Waals surface area contributed by atoms with E-state index >= 15 is 0 Å². The highest BCUT2D eigenvalue weighted by molar-refractivity contribution is 6.36. The number of urea groups is 1. The first-order chi connectivity index (χ1) is 12.0. The highest BCUT2D eigenvalue weighted by Crippen LogP contribution is 2.23. The molecule has 0 radical (unpaired) electrons. The summed E-state index contributed by atoms with van der Waals surface area (Å²) in [5.41, 5.74) is 2.16. The Morgan fingerprint density at radius 2 is 1.68 bits per heavy atom. The van der Waals surface area contributed by atoms with Gasteiger partial charge in [-0.2, -0.15) is 0 Å². The minimum Gasteiger partial charge on any atom is -0.465 e. The number of nitrogens with one attached hydrogen (secondary N) is 3. The number of hydrogen-bond acceptors (Lipinski definition) is 2. The Labute approximate surface area is 155 Å². The summed E-state index contributed by atoms with van der Waals surface area (Å²) in [6.45, 7) is 0.503. The molecule has 2 aromatic carbocycles. The molecule has 4 N–H and O–H groups in total. The quantitative estimate of drug-likeness (QED) is 0.606. The van der Waals surface area contributed by atoms with Crippen LogP contribution in [0.25, 0.3) is 0 Å². The van der Waals surface area contributed by atoms with Crippen molar-refractivity contribution in [1.29, 1.82) is 0 Å². The highest BCUT2D eigenvalue weighted by Gasteiger charge is 2.08. The predicted octanol–water partition coefficient (Wildman–Crippen LogP) is 4.13. The Balaban J connectivity index is 1.89. The van der Waals surface area contributed by atoms with Crippen LogP contribution in [0, 0.1) is 0 Å². The second-order valence-electron chi connectivity index (χ2n) is 5.19. The lowest BCUT2D eigenvalue weighted by molar-refractivity contribution is 0.194. The molecule has 0 unspecified atom stereocenters. The molecular weight excluding hydrogens is 365 g/mol. The number of carbonyl (C=O) groups excluding carboxylic acids is 1. The minimum atomic E-state index is -1.06. The van der Waals surface area contributed by atoms with Gasteiger partial charge < -0.3 is 21.1 Å². The number of anilines is 1. The fourth-order valence-corrected chi connectivity index (χ4v) is 2.69. The molecule has 0 aliphatic carbocycles. The molecule has 25 heavy (non-hydrogen) atoms. The van der Waals surface area contributed by atoms with Crippen LogP contribution in [0.4, 0.5) is 15.3 Å². The number of halogens is 2. The number of rotatable bonds is 6. The van der Waals surface area contributed by atoms with E-state index in [4.69, 9.17) is 28.3 Å². The van der Waals surface area contributed by atoms with Gasteiger partial charge in [0.05, 0.1) is 0 Å². The fraction of sp³-hybridized carbons (Fsp3) is 0.176. The van der Waals surface area contributed by atoms with Crippen molar-refractivity contribution in [3.05, 3.63) is 63.6 Å². The van der Waals surface area contributed by atoms with Crippen molar-refractivity contribution in [2.75, 3.05) is 11.9 Å². The molecule has 0 spiro atoms. The number of carbonyl (C=O) groups is 2. The van der Waals surface area contributed by atoms with Gasteiger partial charge in [0, 0.05) is 34.4 Å². The summed E-state index contributed by atoms with van der Waals surface area (Å²) in [6, 6.07) is 11.9. The third-order valence-corrected chi connectivity index (χ3v) is 4.07. The standard InChI is InChI=1S/C17H17Cl2N3O3/c18-14-5-2-6-15(19)13(14)10-21-16(23)22-12-4-1-3-11(9-12)7-8-20-17(24)25/h1-6,9,20H,7-8,10H2,(H,24,25)(H2,21,22,23). The van der Waals surface area contributed by atoms with E-state index in [1.54, 1.807) is 36.4 Å². The van der Waals surface area contributed by atoms with Crippen molar-refractivity contribution in [2.24, 2.45) is 0 Å². The number of hydrogen-bond donors (Lipinski definition) is 4. The zero-order valence-corrected chi connectivity index (χ0v) is 14.7. The SMILES string of the molecule is O=C(O)NCCc1cccc(NC(=O)NCc2c(Cl)cccc2Cl)c1. The van der Waals surface area contributed by atoms with Crippen molar-refractivity contribution in [1.82, 2.24) is 10.6 Å².